The van der Waals surface area contributed by atoms with E-state index in [2.05, 4.69) is 0 Å². The third-order valence-electron chi connectivity index (χ3n) is 1.19. The summed E-state index contributed by atoms with van der Waals surface area (Å²) < 4.78 is -0.0266. The first kappa shape index (κ1) is 10.1. The molecule has 1 unspecified atom stereocenters. The van der Waals surface area contributed by atoms with Gasteiger partial charge in [-0.15, -0.1) is 0 Å². The van der Waals surface area contributed by atoms with Gasteiger partial charge in [0.2, 0.25) is 0 Å². The van der Waals surface area contributed by atoms with Gasteiger partial charge in [0.15, 0.2) is 0 Å². The van der Waals surface area contributed by atoms with Gasteiger partial charge in [-0.1, -0.05) is 0 Å². The molecule has 0 aliphatic heterocycles. The Hall–Kier alpha value is 0.1000. The predicted octanol–water partition coefficient (Wildman–Crippen LogP) is -1.13. The fourth-order valence-corrected chi connectivity index (χ4v) is 0.771. The number of hydrogen-bond acceptors (Lipinski definition) is 3. The first-order valence-electron chi connectivity index (χ1n) is 3.02. The fraction of sp³-hybridized carbons (Fsp3) is 0.600. The van der Waals surface area contributed by atoms with Crippen LogP contribution in [0.25, 0.3) is 0 Å². The van der Waals surface area contributed by atoms with Crippen molar-refractivity contribution in [3.05, 3.63) is 0 Å². The number of carboxylic acids is 1. The Labute approximate surface area is 76.2 Å². The van der Waals surface area contributed by atoms with Crippen LogP contribution in [0.2, 0.25) is 0 Å². The van der Waals surface area contributed by atoms with E-state index < -0.39 is 12.0 Å². The molecule has 0 rings (SSSR count). The maximum absolute atomic E-state index is 10.5. The van der Waals surface area contributed by atoms with Crippen molar-refractivity contribution in [3.8, 4) is 0 Å². The van der Waals surface area contributed by atoms with Crippen molar-refractivity contribution >= 4 is 36.9 Å². The Morgan fingerprint density at radius 3 is 2.40 bits per heavy atom. The minimum atomic E-state index is -0.904. The van der Waals surface area contributed by atoms with Crippen LogP contribution in [0.4, 0.5) is 0 Å². The van der Waals surface area contributed by atoms with Crippen molar-refractivity contribution in [2.24, 2.45) is 5.73 Å². The second-order valence-electron chi connectivity index (χ2n) is 2.15. The molecule has 0 aromatic carbocycles. The second kappa shape index (κ2) is 4.85. The Morgan fingerprint density at radius 1 is 1.60 bits per heavy atom. The third kappa shape index (κ3) is 4.93. The summed E-state index contributed by atoms with van der Waals surface area (Å²) in [6.45, 7) is 0. The number of carboxylic acid groups (broad SMARTS) is 1. The molecule has 0 saturated heterocycles. The molecule has 0 saturated carbocycles. The molecule has 5 heteroatoms. The van der Waals surface area contributed by atoms with Crippen LogP contribution >= 0.6 is 0 Å². The molecule has 0 aromatic heterocycles. The van der Waals surface area contributed by atoms with Gasteiger partial charge in [-0.05, 0) is 0 Å². The van der Waals surface area contributed by atoms with E-state index >= 15 is 0 Å². The number of hydrogen-bond donors (Lipinski definition) is 2. The number of aliphatic carboxylic acids is 1. The van der Waals surface area contributed by atoms with Crippen LogP contribution in [-0.2, 0) is 9.59 Å². The summed E-state index contributed by atoms with van der Waals surface area (Å²) in [6.07, 6.45) is 0.243. The predicted molar refractivity (Wildman–Crippen MR) is 35.6 cm³/mol. The molecule has 0 radical (unpaired) electrons. The standard InChI is InChI=1S/C5H8NO3.Na/c6-4(3-7)1-2-5(8)9;/h4H,1-2,6H2,(H,8,9);. The normalized spacial score (nSPS) is 12.7. The van der Waals surface area contributed by atoms with Crippen LogP contribution in [0, 0.1) is 0 Å². The molecule has 0 heterocycles. The van der Waals surface area contributed by atoms with Crippen molar-refractivity contribution in [3.63, 3.8) is 0 Å². The Kier molecular flexibility index (Phi) is 4.89. The number of rotatable bonds is 4. The molecule has 1 atom stereocenters. The quantitative estimate of drug-likeness (QED) is 0.501. The maximum atomic E-state index is 10.5. The minimum absolute atomic E-state index is 0.0187. The molecular weight excluding hydrogens is 145 g/mol. The van der Waals surface area contributed by atoms with E-state index in [0.29, 0.717) is 27.9 Å². The van der Waals surface area contributed by atoms with Crippen LogP contribution in [0.15, 0.2) is 0 Å². The monoisotopic (exact) mass is 153 g/mol. The third-order valence-corrected chi connectivity index (χ3v) is 1.93. The summed E-state index contributed by atoms with van der Waals surface area (Å²) in [5, 5.41) is 8.19. The van der Waals surface area contributed by atoms with Gasteiger partial charge in [-0.2, -0.15) is 0 Å². The molecule has 0 bridgehead atoms. The number of carbonyl (C=O) groups is 2. The second-order valence-corrected chi connectivity index (χ2v) is 3.14. The van der Waals surface area contributed by atoms with Crippen LogP contribution in [0.1, 0.15) is 12.8 Å². The summed E-state index contributed by atoms with van der Waals surface area (Å²) in [5.41, 5.74) is 5.29. The van der Waals surface area contributed by atoms with E-state index in [1.54, 1.807) is 0 Å². The molecule has 3 N–H and O–H groups in total. The fourth-order valence-electron chi connectivity index (χ4n) is 0.482. The zero-order valence-corrected chi connectivity index (χ0v) is 7.83. The average molecular weight is 153 g/mol. The van der Waals surface area contributed by atoms with E-state index in [0.717, 1.165) is 0 Å². The van der Waals surface area contributed by atoms with Gasteiger partial charge in [-0.3, -0.25) is 0 Å². The number of carbonyl (C=O) groups excluding carboxylic acids is 1. The summed E-state index contributed by atoms with van der Waals surface area (Å²) in [7, 11) is 0. The first-order chi connectivity index (χ1) is 4.54. The van der Waals surface area contributed by atoms with E-state index in [1.165, 1.54) is 0 Å². The Balaban J connectivity index is 3.49. The SMILES string of the molecule is NC(CCC(=O)O)[C](=O)[Na]. The summed E-state index contributed by atoms with van der Waals surface area (Å²) in [5.74, 6) is -0.904. The topological polar surface area (TPSA) is 80.4 Å². The van der Waals surface area contributed by atoms with Crippen LogP contribution in [0.3, 0.4) is 0 Å². The van der Waals surface area contributed by atoms with Crippen molar-refractivity contribution in [1.82, 2.24) is 0 Å². The van der Waals surface area contributed by atoms with E-state index in [9.17, 15) is 9.59 Å². The zero-order valence-electron chi connectivity index (χ0n) is 5.83. The molecule has 10 heavy (non-hydrogen) atoms. The van der Waals surface area contributed by atoms with Gasteiger partial charge in [0.05, 0.1) is 0 Å². The summed E-state index contributed by atoms with van der Waals surface area (Å²) >= 11 is 0.406. The summed E-state index contributed by atoms with van der Waals surface area (Å²) in [4.78, 5) is 20.5. The molecule has 0 aliphatic carbocycles. The van der Waals surface area contributed by atoms with E-state index in [4.69, 9.17) is 10.8 Å². The average Bonchev–Trinajstić information content (AvgIpc) is 1.82. The van der Waals surface area contributed by atoms with Gasteiger partial charge >= 0.3 is 76.2 Å². The van der Waals surface area contributed by atoms with E-state index in [1.807, 2.05) is 0 Å². The van der Waals surface area contributed by atoms with Crippen LogP contribution < -0.4 is 5.73 Å². The Bertz CT molecular complexity index is 148. The molecule has 0 aromatic rings. The van der Waals surface area contributed by atoms with Crippen molar-refractivity contribution in [1.29, 1.82) is 0 Å². The van der Waals surface area contributed by atoms with Gasteiger partial charge < -0.3 is 0 Å². The van der Waals surface area contributed by atoms with Crippen LogP contribution in [-0.4, -0.2) is 48.1 Å². The Morgan fingerprint density at radius 2 is 2.10 bits per heavy atom. The molecule has 0 fully saturated rings. The summed E-state index contributed by atoms with van der Waals surface area (Å²) in [6, 6.07) is -0.553. The van der Waals surface area contributed by atoms with Crippen molar-refractivity contribution in [2.45, 2.75) is 18.9 Å². The molecule has 52 valence electrons. The van der Waals surface area contributed by atoms with Crippen molar-refractivity contribution in [2.75, 3.05) is 0 Å². The molecule has 0 amide bonds. The molecule has 0 aliphatic rings. The van der Waals surface area contributed by atoms with Crippen LogP contribution in [0.5, 0.6) is 0 Å². The number of nitrogens with two attached hydrogens (primary N) is 1. The van der Waals surface area contributed by atoms with Gasteiger partial charge in [0, 0.05) is 0 Å². The zero-order chi connectivity index (χ0) is 8.15. The first-order valence-corrected chi connectivity index (χ1v) is 4.02. The van der Waals surface area contributed by atoms with Crippen molar-refractivity contribution < 1.29 is 14.7 Å². The molecular formula is C5H8NNaO3. The molecule has 0 spiro atoms. The van der Waals surface area contributed by atoms with Gasteiger partial charge in [0.1, 0.15) is 0 Å². The van der Waals surface area contributed by atoms with Gasteiger partial charge in [-0.25, -0.2) is 0 Å². The molecule has 4 nitrogen and oxygen atoms in total. The van der Waals surface area contributed by atoms with Gasteiger partial charge in [0.25, 0.3) is 0 Å². The van der Waals surface area contributed by atoms with E-state index in [-0.39, 0.29) is 15.9 Å².